The maximum absolute atomic E-state index is 3.67. The summed E-state index contributed by atoms with van der Waals surface area (Å²) in [5, 5.41) is 3.67. The molecule has 1 saturated carbocycles. The van der Waals surface area contributed by atoms with E-state index in [1.54, 1.807) is 0 Å². The average Bonchev–Trinajstić information content (AvgIpc) is 2.87. The van der Waals surface area contributed by atoms with Crippen molar-refractivity contribution >= 4 is 0 Å². The molecule has 3 unspecified atom stereocenters. The summed E-state index contributed by atoms with van der Waals surface area (Å²) in [6, 6.07) is 1.59. The van der Waals surface area contributed by atoms with E-state index in [9.17, 15) is 0 Å². The van der Waals surface area contributed by atoms with Crippen LogP contribution >= 0.6 is 0 Å². The molecule has 0 aromatic carbocycles. The van der Waals surface area contributed by atoms with Crippen molar-refractivity contribution < 1.29 is 0 Å². The van der Waals surface area contributed by atoms with Gasteiger partial charge in [-0.25, -0.2) is 0 Å². The van der Waals surface area contributed by atoms with Gasteiger partial charge in [0.15, 0.2) is 0 Å². The Kier molecular flexibility index (Phi) is 3.09. The Labute approximate surface area is 94.4 Å². The molecule has 1 aliphatic carbocycles. The molecule has 0 aromatic heterocycles. The summed E-state index contributed by atoms with van der Waals surface area (Å²) in [5.74, 6) is 0.815. The standard InChI is InChI=1S/C13H26N2/c1-5-10(2)11-9-15(7-6-14-11)12-8-13(12,3)4/h10-12,14H,5-9H2,1-4H3. The predicted molar refractivity (Wildman–Crippen MR) is 65.0 cm³/mol. The van der Waals surface area contributed by atoms with Crippen LogP contribution in [0.25, 0.3) is 0 Å². The van der Waals surface area contributed by atoms with E-state index in [2.05, 4.69) is 37.9 Å². The van der Waals surface area contributed by atoms with Gasteiger partial charge in [-0.2, -0.15) is 0 Å². The zero-order valence-electron chi connectivity index (χ0n) is 10.7. The molecule has 88 valence electrons. The van der Waals surface area contributed by atoms with Crippen LogP contribution < -0.4 is 5.32 Å². The van der Waals surface area contributed by atoms with Gasteiger partial charge in [0.2, 0.25) is 0 Å². The molecule has 1 saturated heterocycles. The van der Waals surface area contributed by atoms with Gasteiger partial charge in [-0.15, -0.1) is 0 Å². The molecule has 0 spiro atoms. The van der Waals surface area contributed by atoms with Crippen LogP contribution in [0.2, 0.25) is 0 Å². The summed E-state index contributed by atoms with van der Waals surface area (Å²) in [6.07, 6.45) is 2.69. The Hall–Kier alpha value is -0.0800. The minimum atomic E-state index is 0.595. The lowest BCUT2D eigenvalue weighted by Crippen LogP contribution is -2.54. The van der Waals surface area contributed by atoms with Crippen LogP contribution in [0.15, 0.2) is 0 Å². The van der Waals surface area contributed by atoms with Crippen molar-refractivity contribution in [2.75, 3.05) is 19.6 Å². The Bertz CT molecular complexity index is 225. The molecular weight excluding hydrogens is 184 g/mol. The zero-order chi connectivity index (χ0) is 11.1. The molecule has 1 N–H and O–H groups in total. The van der Waals surface area contributed by atoms with Crippen LogP contribution in [0.1, 0.15) is 40.5 Å². The molecule has 1 aliphatic heterocycles. The molecule has 2 heteroatoms. The van der Waals surface area contributed by atoms with Crippen molar-refractivity contribution in [2.24, 2.45) is 11.3 Å². The quantitative estimate of drug-likeness (QED) is 0.767. The lowest BCUT2D eigenvalue weighted by Gasteiger charge is -2.37. The second kappa shape index (κ2) is 4.06. The van der Waals surface area contributed by atoms with Gasteiger partial charge in [0, 0.05) is 31.7 Å². The second-order valence-electron chi connectivity index (χ2n) is 6.15. The van der Waals surface area contributed by atoms with Crippen molar-refractivity contribution in [3.63, 3.8) is 0 Å². The van der Waals surface area contributed by atoms with Gasteiger partial charge in [-0.3, -0.25) is 4.90 Å². The number of hydrogen-bond donors (Lipinski definition) is 1. The monoisotopic (exact) mass is 210 g/mol. The van der Waals surface area contributed by atoms with Gasteiger partial charge in [-0.05, 0) is 17.8 Å². The van der Waals surface area contributed by atoms with Crippen LogP contribution in [0.4, 0.5) is 0 Å². The van der Waals surface area contributed by atoms with Crippen LogP contribution in [0.3, 0.4) is 0 Å². The van der Waals surface area contributed by atoms with Crippen molar-refractivity contribution in [3.05, 3.63) is 0 Å². The maximum Gasteiger partial charge on any atom is 0.0221 e. The molecule has 2 nitrogen and oxygen atoms in total. The second-order valence-corrected chi connectivity index (χ2v) is 6.15. The summed E-state index contributed by atoms with van der Waals surface area (Å²) in [7, 11) is 0. The summed E-state index contributed by atoms with van der Waals surface area (Å²) >= 11 is 0. The van der Waals surface area contributed by atoms with Crippen LogP contribution in [0, 0.1) is 11.3 Å². The maximum atomic E-state index is 3.67. The Morgan fingerprint density at radius 1 is 1.47 bits per heavy atom. The van der Waals surface area contributed by atoms with Crippen molar-refractivity contribution in [3.8, 4) is 0 Å². The van der Waals surface area contributed by atoms with E-state index in [4.69, 9.17) is 0 Å². The largest absolute Gasteiger partial charge is 0.311 e. The van der Waals surface area contributed by atoms with Crippen LogP contribution in [0.5, 0.6) is 0 Å². The van der Waals surface area contributed by atoms with Crippen molar-refractivity contribution in [2.45, 2.75) is 52.6 Å². The smallest absolute Gasteiger partial charge is 0.0221 e. The SMILES string of the molecule is CCC(C)C1CN(C2CC2(C)C)CCN1. The minimum Gasteiger partial charge on any atom is -0.311 e. The first-order valence-corrected chi connectivity index (χ1v) is 6.52. The lowest BCUT2D eigenvalue weighted by atomic mass is 9.97. The Morgan fingerprint density at radius 3 is 2.67 bits per heavy atom. The summed E-state index contributed by atoms with van der Waals surface area (Å²) < 4.78 is 0. The van der Waals surface area contributed by atoms with Gasteiger partial charge in [0.05, 0.1) is 0 Å². The fourth-order valence-corrected chi connectivity index (χ4v) is 2.81. The minimum absolute atomic E-state index is 0.595. The highest BCUT2D eigenvalue weighted by Crippen LogP contribution is 2.48. The highest BCUT2D eigenvalue weighted by atomic mass is 15.3. The van der Waals surface area contributed by atoms with Gasteiger partial charge in [-0.1, -0.05) is 34.1 Å². The van der Waals surface area contributed by atoms with E-state index in [0.717, 1.165) is 18.0 Å². The molecule has 1 heterocycles. The molecule has 0 aromatic rings. The first-order chi connectivity index (χ1) is 7.04. The van der Waals surface area contributed by atoms with E-state index in [1.807, 2.05) is 0 Å². The molecule has 0 radical (unpaired) electrons. The van der Waals surface area contributed by atoms with Gasteiger partial charge < -0.3 is 5.32 Å². The molecular formula is C13H26N2. The van der Waals surface area contributed by atoms with E-state index in [1.165, 1.54) is 32.5 Å². The lowest BCUT2D eigenvalue weighted by molar-refractivity contribution is 0.147. The Balaban J connectivity index is 1.88. The molecule has 2 rings (SSSR count). The average molecular weight is 210 g/mol. The van der Waals surface area contributed by atoms with E-state index >= 15 is 0 Å². The highest BCUT2D eigenvalue weighted by Gasteiger charge is 2.50. The summed E-state index contributed by atoms with van der Waals surface area (Å²) in [5.41, 5.74) is 0.595. The van der Waals surface area contributed by atoms with Gasteiger partial charge >= 0.3 is 0 Å². The third kappa shape index (κ3) is 2.36. The molecule has 15 heavy (non-hydrogen) atoms. The predicted octanol–water partition coefficient (Wildman–Crippen LogP) is 2.10. The molecule has 0 amide bonds. The van der Waals surface area contributed by atoms with Gasteiger partial charge in [0.25, 0.3) is 0 Å². The first kappa shape index (κ1) is 11.4. The fraction of sp³-hybridized carbons (Fsp3) is 1.00. The van der Waals surface area contributed by atoms with Crippen LogP contribution in [-0.4, -0.2) is 36.6 Å². The molecule has 0 bridgehead atoms. The molecule has 3 atom stereocenters. The van der Waals surface area contributed by atoms with Gasteiger partial charge in [0.1, 0.15) is 0 Å². The Morgan fingerprint density at radius 2 is 2.13 bits per heavy atom. The number of hydrogen-bond acceptors (Lipinski definition) is 2. The zero-order valence-corrected chi connectivity index (χ0v) is 10.7. The van der Waals surface area contributed by atoms with Crippen LogP contribution in [-0.2, 0) is 0 Å². The number of nitrogens with zero attached hydrogens (tertiary/aromatic N) is 1. The normalized spacial score (nSPS) is 37.6. The number of nitrogens with one attached hydrogen (secondary N) is 1. The molecule has 2 fully saturated rings. The summed E-state index contributed by atoms with van der Waals surface area (Å²) in [6.45, 7) is 13.2. The fourth-order valence-electron chi connectivity index (χ4n) is 2.81. The number of piperazine rings is 1. The first-order valence-electron chi connectivity index (χ1n) is 6.52. The highest BCUT2D eigenvalue weighted by molar-refractivity contribution is 5.04. The third-order valence-electron chi connectivity index (χ3n) is 4.47. The molecule has 2 aliphatic rings. The third-order valence-corrected chi connectivity index (χ3v) is 4.47. The van der Waals surface area contributed by atoms with E-state index in [0.29, 0.717) is 5.41 Å². The number of rotatable bonds is 3. The van der Waals surface area contributed by atoms with Crippen molar-refractivity contribution in [1.82, 2.24) is 10.2 Å². The summed E-state index contributed by atoms with van der Waals surface area (Å²) in [4.78, 5) is 2.72. The van der Waals surface area contributed by atoms with Crippen molar-refractivity contribution in [1.29, 1.82) is 0 Å². The van der Waals surface area contributed by atoms with E-state index < -0.39 is 0 Å². The topological polar surface area (TPSA) is 15.3 Å². The van der Waals surface area contributed by atoms with E-state index in [-0.39, 0.29) is 0 Å².